The van der Waals surface area contributed by atoms with E-state index in [1.165, 1.54) is 11.3 Å². The molecule has 0 aromatic heterocycles. The standard InChI is InChI=1S/C13H16BrNOS/c1-17-10-7-5-9(6-8-10)13(16)15-12-4-2-3-11(12)14/h5-8,11-12H,2-4H2,1H3,(H,15,16). The van der Waals surface area contributed by atoms with Crippen LogP contribution in [0.2, 0.25) is 0 Å². The second kappa shape index (κ2) is 5.91. The Bertz CT molecular complexity index is 393. The van der Waals surface area contributed by atoms with Gasteiger partial charge in [-0.2, -0.15) is 0 Å². The molecule has 92 valence electrons. The van der Waals surface area contributed by atoms with Gasteiger partial charge in [-0.05, 0) is 43.4 Å². The number of carbonyl (C=O) groups excluding carboxylic acids is 1. The predicted octanol–water partition coefficient (Wildman–Crippen LogP) is 3.45. The Kier molecular flexibility index (Phi) is 4.51. The maximum atomic E-state index is 12.0. The van der Waals surface area contributed by atoms with Crippen LogP contribution >= 0.6 is 27.7 Å². The Labute approximate surface area is 115 Å². The van der Waals surface area contributed by atoms with Crippen LogP contribution in [0, 0.1) is 0 Å². The molecule has 0 radical (unpaired) electrons. The number of halogens is 1. The third-order valence-corrected chi connectivity index (χ3v) is 4.94. The summed E-state index contributed by atoms with van der Waals surface area (Å²) in [6.45, 7) is 0. The minimum Gasteiger partial charge on any atom is -0.348 e. The Morgan fingerprint density at radius 1 is 1.35 bits per heavy atom. The van der Waals surface area contributed by atoms with Crippen molar-refractivity contribution >= 4 is 33.6 Å². The van der Waals surface area contributed by atoms with E-state index in [-0.39, 0.29) is 11.9 Å². The van der Waals surface area contributed by atoms with E-state index in [0.717, 1.165) is 18.4 Å². The van der Waals surface area contributed by atoms with Crippen LogP contribution < -0.4 is 5.32 Å². The lowest BCUT2D eigenvalue weighted by Crippen LogP contribution is -2.37. The van der Waals surface area contributed by atoms with Crippen LogP contribution in [-0.4, -0.2) is 23.0 Å². The maximum absolute atomic E-state index is 12.0. The first-order valence-corrected chi connectivity index (χ1v) is 7.94. The van der Waals surface area contributed by atoms with E-state index in [2.05, 4.69) is 21.2 Å². The highest BCUT2D eigenvalue weighted by molar-refractivity contribution is 9.09. The molecule has 4 heteroatoms. The lowest BCUT2D eigenvalue weighted by molar-refractivity contribution is 0.0939. The van der Waals surface area contributed by atoms with Crippen LogP contribution in [0.5, 0.6) is 0 Å². The molecule has 2 nitrogen and oxygen atoms in total. The van der Waals surface area contributed by atoms with Gasteiger partial charge < -0.3 is 5.32 Å². The number of benzene rings is 1. The Balaban J connectivity index is 1.99. The lowest BCUT2D eigenvalue weighted by atomic mass is 10.2. The Hall–Kier alpha value is -0.480. The molecule has 1 fully saturated rings. The molecule has 1 N–H and O–H groups in total. The molecule has 1 saturated carbocycles. The van der Waals surface area contributed by atoms with Crippen LogP contribution in [0.1, 0.15) is 29.6 Å². The molecule has 1 amide bonds. The average molecular weight is 314 g/mol. The zero-order valence-electron chi connectivity index (χ0n) is 9.78. The van der Waals surface area contributed by atoms with Crippen molar-refractivity contribution in [1.29, 1.82) is 0 Å². The minimum atomic E-state index is 0.0361. The monoisotopic (exact) mass is 313 g/mol. The minimum absolute atomic E-state index is 0.0361. The number of hydrogen-bond acceptors (Lipinski definition) is 2. The fourth-order valence-electron chi connectivity index (χ4n) is 2.07. The van der Waals surface area contributed by atoms with Gasteiger partial charge in [0.15, 0.2) is 0 Å². The van der Waals surface area contributed by atoms with Gasteiger partial charge in [-0.25, -0.2) is 0 Å². The van der Waals surface area contributed by atoms with E-state index in [1.807, 2.05) is 30.5 Å². The van der Waals surface area contributed by atoms with Gasteiger partial charge in [0.25, 0.3) is 5.91 Å². The number of thioether (sulfide) groups is 1. The van der Waals surface area contributed by atoms with Crippen LogP contribution in [0.4, 0.5) is 0 Å². The lowest BCUT2D eigenvalue weighted by Gasteiger charge is -2.16. The van der Waals surface area contributed by atoms with Crippen molar-refractivity contribution in [2.75, 3.05) is 6.26 Å². The largest absolute Gasteiger partial charge is 0.348 e. The van der Waals surface area contributed by atoms with Crippen LogP contribution in [0.25, 0.3) is 0 Å². The van der Waals surface area contributed by atoms with Crippen molar-refractivity contribution in [2.24, 2.45) is 0 Å². The van der Waals surface area contributed by atoms with E-state index in [9.17, 15) is 4.79 Å². The fourth-order valence-corrected chi connectivity index (χ4v) is 3.20. The van der Waals surface area contributed by atoms with Gasteiger partial charge in [-0.15, -0.1) is 11.8 Å². The van der Waals surface area contributed by atoms with Gasteiger partial charge in [-0.1, -0.05) is 22.4 Å². The highest BCUT2D eigenvalue weighted by Gasteiger charge is 2.26. The number of alkyl halides is 1. The molecule has 2 rings (SSSR count). The van der Waals surface area contributed by atoms with Crippen LogP contribution in [-0.2, 0) is 0 Å². The zero-order valence-corrected chi connectivity index (χ0v) is 12.2. The fraction of sp³-hybridized carbons (Fsp3) is 0.462. The van der Waals surface area contributed by atoms with Gasteiger partial charge in [0.05, 0.1) is 0 Å². The van der Waals surface area contributed by atoms with Gasteiger partial charge in [0.2, 0.25) is 0 Å². The van der Waals surface area contributed by atoms with E-state index in [1.54, 1.807) is 11.8 Å². The van der Waals surface area contributed by atoms with Gasteiger partial charge >= 0.3 is 0 Å². The van der Waals surface area contributed by atoms with Crippen molar-refractivity contribution < 1.29 is 4.79 Å². The summed E-state index contributed by atoms with van der Waals surface area (Å²) in [7, 11) is 0. The second-order valence-corrected chi connectivity index (χ2v) is 6.31. The van der Waals surface area contributed by atoms with Gasteiger partial charge in [0.1, 0.15) is 0 Å². The molecule has 2 atom stereocenters. The number of nitrogens with one attached hydrogen (secondary N) is 1. The highest BCUT2D eigenvalue weighted by Crippen LogP contribution is 2.25. The summed E-state index contributed by atoms with van der Waals surface area (Å²) in [5.74, 6) is 0.0361. The molecule has 0 saturated heterocycles. The first-order chi connectivity index (χ1) is 8.20. The topological polar surface area (TPSA) is 29.1 Å². The van der Waals surface area contributed by atoms with E-state index in [0.29, 0.717) is 4.83 Å². The predicted molar refractivity (Wildman–Crippen MR) is 76.0 cm³/mol. The van der Waals surface area contributed by atoms with Crippen LogP contribution in [0.3, 0.4) is 0 Å². The molecule has 0 aliphatic heterocycles. The quantitative estimate of drug-likeness (QED) is 0.684. The number of carbonyl (C=O) groups is 1. The van der Waals surface area contributed by atoms with E-state index >= 15 is 0 Å². The molecule has 0 bridgehead atoms. The summed E-state index contributed by atoms with van der Waals surface area (Å²) in [6, 6.07) is 8.03. The Morgan fingerprint density at radius 2 is 2.06 bits per heavy atom. The number of rotatable bonds is 3. The molecular weight excluding hydrogens is 298 g/mol. The van der Waals surface area contributed by atoms with Crippen molar-refractivity contribution in [1.82, 2.24) is 5.32 Å². The molecular formula is C13H16BrNOS. The molecule has 1 aliphatic carbocycles. The van der Waals surface area contributed by atoms with Crippen molar-refractivity contribution in [3.05, 3.63) is 29.8 Å². The zero-order chi connectivity index (χ0) is 12.3. The number of amides is 1. The van der Waals surface area contributed by atoms with Gasteiger partial charge in [-0.3, -0.25) is 4.79 Å². The Morgan fingerprint density at radius 3 is 2.59 bits per heavy atom. The molecule has 0 heterocycles. The van der Waals surface area contributed by atoms with E-state index < -0.39 is 0 Å². The van der Waals surface area contributed by atoms with Crippen molar-refractivity contribution in [3.63, 3.8) is 0 Å². The van der Waals surface area contributed by atoms with Gasteiger partial charge in [0, 0.05) is 21.3 Å². The molecule has 1 aromatic carbocycles. The molecule has 17 heavy (non-hydrogen) atoms. The first kappa shape index (κ1) is 13.0. The highest BCUT2D eigenvalue weighted by atomic mass is 79.9. The summed E-state index contributed by atoms with van der Waals surface area (Å²) in [6.07, 6.45) is 5.44. The van der Waals surface area contributed by atoms with Crippen molar-refractivity contribution in [3.8, 4) is 0 Å². The molecule has 0 spiro atoms. The van der Waals surface area contributed by atoms with Crippen molar-refractivity contribution in [2.45, 2.75) is 35.0 Å². The summed E-state index contributed by atoms with van der Waals surface area (Å²) < 4.78 is 0. The summed E-state index contributed by atoms with van der Waals surface area (Å²) >= 11 is 5.29. The summed E-state index contributed by atoms with van der Waals surface area (Å²) in [5.41, 5.74) is 0.745. The molecule has 1 aliphatic rings. The average Bonchev–Trinajstić information content (AvgIpc) is 2.75. The summed E-state index contributed by atoms with van der Waals surface area (Å²) in [4.78, 5) is 13.6. The number of hydrogen-bond donors (Lipinski definition) is 1. The molecule has 2 unspecified atom stereocenters. The normalized spacial score (nSPS) is 23.6. The van der Waals surface area contributed by atoms with E-state index in [4.69, 9.17) is 0 Å². The third-order valence-electron chi connectivity index (χ3n) is 3.10. The smallest absolute Gasteiger partial charge is 0.251 e. The van der Waals surface area contributed by atoms with Crippen LogP contribution in [0.15, 0.2) is 29.2 Å². The molecule has 1 aromatic rings. The summed E-state index contributed by atoms with van der Waals surface area (Å²) in [5, 5.41) is 3.09. The first-order valence-electron chi connectivity index (χ1n) is 5.79. The third kappa shape index (κ3) is 3.26. The second-order valence-electron chi connectivity index (χ2n) is 4.26. The SMILES string of the molecule is CSc1ccc(C(=O)NC2CCCC2Br)cc1. The maximum Gasteiger partial charge on any atom is 0.251 e.